The number of benzene rings is 3. The molecule has 48 heavy (non-hydrogen) atoms. The molecule has 0 aliphatic carbocycles. The summed E-state index contributed by atoms with van der Waals surface area (Å²) in [7, 11) is 0. The molecule has 3 amide bonds. The van der Waals surface area contributed by atoms with E-state index in [0.29, 0.717) is 26.2 Å². The predicted octanol–water partition coefficient (Wildman–Crippen LogP) is 7.52. The number of carbonyl (C=O) groups is 3. The van der Waals surface area contributed by atoms with Crippen LogP contribution in [0.1, 0.15) is 35.8 Å². The number of amides is 3. The van der Waals surface area contributed by atoms with E-state index < -0.39 is 58.0 Å². The molecule has 2 aliphatic heterocycles. The molecule has 0 radical (unpaired) electrons. The Labute approximate surface area is 291 Å². The standard InChI is InChI=1S/C33H27Cl2F3N4O4S2/c1-3-40(4-2)20-11-8-17(9-12-20)25-26-27(30(45)42(29(26)44)21-7-5-6-18(14-21)33(36,37)38)47-31-28(25)48-32(46)41(31)16-24(43)39-19-10-13-22(34)23(35)15-19/h5-15,25-27H,3-4,16H2,1-2H3,(H,39,43). The molecule has 0 spiro atoms. The normalized spacial score (nSPS) is 18.9. The Balaban J connectivity index is 1.41. The van der Waals surface area contributed by atoms with Gasteiger partial charge in [-0.3, -0.25) is 23.7 Å². The number of aromatic nitrogens is 1. The highest BCUT2D eigenvalue weighted by molar-refractivity contribution is 8.00. The number of nitrogens with zero attached hydrogens (tertiary/aromatic N) is 3. The first-order valence-corrected chi connectivity index (χ1v) is 17.3. The smallest absolute Gasteiger partial charge is 0.372 e. The molecule has 0 saturated carbocycles. The molecule has 6 rings (SSSR count). The van der Waals surface area contributed by atoms with Gasteiger partial charge in [-0.15, -0.1) is 0 Å². The number of anilines is 3. The third-order valence-corrected chi connectivity index (χ3v) is 11.7. The molecule has 1 fully saturated rings. The van der Waals surface area contributed by atoms with Crippen molar-refractivity contribution in [1.82, 2.24) is 4.57 Å². The first-order chi connectivity index (χ1) is 22.8. The second-order valence-corrected chi connectivity index (χ2v) is 14.1. The fraction of sp³-hybridized carbons (Fsp3) is 0.273. The number of fused-ring (bicyclic) bond motifs is 2. The van der Waals surface area contributed by atoms with Crippen LogP contribution in [-0.2, 0) is 27.1 Å². The zero-order chi connectivity index (χ0) is 34.5. The van der Waals surface area contributed by atoms with Crippen molar-refractivity contribution in [3.05, 3.63) is 102 Å². The summed E-state index contributed by atoms with van der Waals surface area (Å²) in [5.74, 6) is -3.69. The Morgan fingerprint density at radius 1 is 0.938 bits per heavy atom. The molecule has 4 aromatic rings. The summed E-state index contributed by atoms with van der Waals surface area (Å²) in [6.45, 7) is 5.17. The zero-order valence-electron chi connectivity index (χ0n) is 25.4. The summed E-state index contributed by atoms with van der Waals surface area (Å²) >= 11 is 13.9. The van der Waals surface area contributed by atoms with E-state index in [2.05, 4.69) is 10.2 Å². The fourth-order valence-corrected chi connectivity index (χ4v) is 9.16. The number of thiazole rings is 1. The predicted molar refractivity (Wildman–Crippen MR) is 183 cm³/mol. The molecule has 3 unspecified atom stereocenters. The summed E-state index contributed by atoms with van der Waals surface area (Å²) in [4.78, 5) is 57.7. The lowest BCUT2D eigenvalue weighted by Gasteiger charge is -2.31. The molecule has 3 atom stereocenters. The number of carbonyl (C=O) groups excluding carboxylic acids is 3. The van der Waals surface area contributed by atoms with E-state index in [1.807, 2.05) is 38.1 Å². The van der Waals surface area contributed by atoms with E-state index >= 15 is 0 Å². The van der Waals surface area contributed by atoms with Crippen LogP contribution >= 0.6 is 46.3 Å². The lowest BCUT2D eigenvalue weighted by Crippen LogP contribution is -2.33. The van der Waals surface area contributed by atoms with Gasteiger partial charge in [0, 0.05) is 35.3 Å². The lowest BCUT2D eigenvalue weighted by atomic mass is 9.83. The maximum atomic E-state index is 14.1. The largest absolute Gasteiger partial charge is 0.416 e. The average molecular weight is 736 g/mol. The van der Waals surface area contributed by atoms with Crippen molar-refractivity contribution in [2.24, 2.45) is 5.92 Å². The van der Waals surface area contributed by atoms with Crippen LogP contribution in [0.4, 0.5) is 30.2 Å². The second-order valence-electron chi connectivity index (χ2n) is 11.2. The first kappa shape index (κ1) is 34.1. The highest BCUT2D eigenvalue weighted by atomic mass is 35.5. The number of hydrogen-bond acceptors (Lipinski definition) is 7. The van der Waals surface area contributed by atoms with Gasteiger partial charge in [0.1, 0.15) is 11.8 Å². The van der Waals surface area contributed by atoms with Crippen molar-refractivity contribution in [3.8, 4) is 0 Å². The van der Waals surface area contributed by atoms with Crippen molar-refractivity contribution in [1.29, 1.82) is 0 Å². The lowest BCUT2D eigenvalue weighted by molar-refractivity contribution is -0.137. The Bertz CT molecular complexity index is 1980. The van der Waals surface area contributed by atoms with Crippen molar-refractivity contribution < 1.29 is 27.6 Å². The van der Waals surface area contributed by atoms with Gasteiger partial charge in [-0.25, -0.2) is 4.90 Å². The van der Waals surface area contributed by atoms with Crippen LogP contribution in [0.2, 0.25) is 10.0 Å². The third kappa shape index (κ3) is 6.24. The minimum atomic E-state index is -4.68. The molecule has 15 heteroatoms. The van der Waals surface area contributed by atoms with E-state index in [-0.39, 0.29) is 10.7 Å². The van der Waals surface area contributed by atoms with Crippen LogP contribution in [-0.4, -0.2) is 40.6 Å². The highest BCUT2D eigenvalue weighted by Crippen LogP contribution is 2.54. The number of thioether (sulfide) groups is 1. The molecule has 3 aromatic carbocycles. The summed E-state index contributed by atoms with van der Waals surface area (Å²) in [6.07, 6.45) is -4.68. The average Bonchev–Trinajstić information content (AvgIpc) is 3.49. The van der Waals surface area contributed by atoms with Gasteiger partial charge in [0.15, 0.2) is 0 Å². The van der Waals surface area contributed by atoms with Gasteiger partial charge in [0.2, 0.25) is 17.7 Å². The van der Waals surface area contributed by atoms with Crippen molar-refractivity contribution in [2.45, 2.75) is 42.8 Å². The minimum absolute atomic E-state index is 0.188. The van der Waals surface area contributed by atoms with Gasteiger partial charge in [-0.1, -0.05) is 64.5 Å². The van der Waals surface area contributed by atoms with Crippen molar-refractivity contribution in [2.75, 3.05) is 28.2 Å². The van der Waals surface area contributed by atoms with Crippen molar-refractivity contribution in [3.63, 3.8) is 0 Å². The SMILES string of the molecule is CCN(CC)c1ccc(C2c3sc(=O)n(CC(=O)Nc4ccc(Cl)c(Cl)c4)c3SC3C(=O)N(c4cccc(C(F)(F)F)c4)C(=O)C32)cc1. The van der Waals surface area contributed by atoms with Crippen LogP contribution in [0, 0.1) is 5.92 Å². The third-order valence-electron chi connectivity index (χ3n) is 8.37. The maximum Gasteiger partial charge on any atom is 0.416 e. The summed E-state index contributed by atoms with van der Waals surface area (Å²) < 4.78 is 42.0. The molecule has 0 bridgehead atoms. The van der Waals surface area contributed by atoms with Crippen LogP contribution in [0.25, 0.3) is 0 Å². The molecule has 1 aromatic heterocycles. The van der Waals surface area contributed by atoms with E-state index in [0.717, 1.165) is 65.0 Å². The number of halogens is 5. The Hall–Kier alpha value is -3.78. The Kier molecular flexibility index (Phi) is 9.42. The number of nitrogens with one attached hydrogen (secondary N) is 1. The number of alkyl halides is 3. The fourth-order valence-electron chi connectivity index (χ4n) is 6.09. The summed E-state index contributed by atoms with van der Waals surface area (Å²) in [5.41, 5.74) is 0.775. The van der Waals surface area contributed by atoms with E-state index in [1.165, 1.54) is 22.8 Å². The maximum absolute atomic E-state index is 14.1. The molecule has 2 aliphatic rings. The second kappa shape index (κ2) is 13.3. The molecule has 1 saturated heterocycles. The molecule has 250 valence electrons. The van der Waals surface area contributed by atoms with Gasteiger partial charge in [-0.05, 0) is 67.9 Å². The van der Waals surface area contributed by atoms with Gasteiger partial charge >= 0.3 is 11.0 Å². The van der Waals surface area contributed by atoms with Gasteiger partial charge in [0.05, 0.1) is 32.2 Å². The van der Waals surface area contributed by atoms with Crippen LogP contribution in [0.15, 0.2) is 76.6 Å². The molecule has 1 N–H and O–H groups in total. The van der Waals surface area contributed by atoms with Crippen LogP contribution in [0.3, 0.4) is 0 Å². The van der Waals surface area contributed by atoms with Gasteiger partial charge < -0.3 is 10.2 Å². The topological polar surface area (TPSA) is 91.7 Å². The minimum Gasteiger partial charge on any atom is -0.372 e. The molecule has 8 nitrogen and oxygen atoms in total. The molecule has 3 heterocycles. The number of hydrogen-bond donors (Lipinski definition) is 1. The Morgan fingerprint density at radius 2 is 1.65 bits per heavy atom. The zero-order valence-corrected chi connectivity index (χ0v) is 28.5. The monoisotopic (exact) mass is 734 g/mol. The molecular weight excluding hydrogens is 708 g/mol. The van der Waals surface area contributed by atoms with Crippen LogP contribution in [0.5, 0.6) is 0 Å². The summed E-state index contributed by atoms with van der Waals surface area (Å²) in [6, 6.07) is 16.1. The van der Waals surface area contributed by atoms with Gasteiger partial charge in [0.25, 0.3) is 0 Å². The number of rotatable bonds is 8. The van der Waals surface area contributed by atoms with E-state index in [9.17, 15) is 32.3 Å². The number of imide groups is 1. The van der Waals surface area contributed by atoms with E-state index in [4.69, 9.17) is 23.2 Å². The molecular formula is C33H27Cl2F3N4O4S2. The van der Waals surface area contributed by atoms with Crippen molar-refractivity contribution >= 4 is 81.1 Å². The van der Waals surface area contributed by atoms with Crippen LogP contribution < -0.4 is 20.0 Å². The first-order valence-electron chi connectivity index (χ1n) is 14.9. The quantitative estimate of drug-likeness (QED) is 0.189. The highest BCUT2D eigenvalue weighted by Gasteiger charge is 2.57. The van der Waals surface area contributed by atoms with Gasteiger partial charge in [-0.2, -0.15) is 13.2 Å². The Morgan fingerprint density at radius 3 is 2.29 bits per heavy atom. The van der Waals surface area contributed by atoms with E-state index in [1.54, 1.807) is 6.07 Å². The summed E-state index contributed by atoms with van der Waals surface area (Å²) in [5, 5.41) is 2.50.